The number of ether oxygens (including phenoxy) is 5. The van der Waals surface area contributed by atoms with E-state index in [-0.39, 0.29) is 24.7 Å². The molecule has 0 bridgehead atoms. The van der Waals surface area contributed by atoms with E-state index in [1.54, 1.807) is 12.1 Å². The Labute approximate surface area is 245 Å². The van der Waals surface area contributed by atoms with E-state index in [0.717, 1.165) is 16.7 Å². The molecule has 0 amide bonds. The number of carbonyl (C=O) groups is 2. The highest BCUT2D eigenvalue weighted by Gasteiger charge is 2.60. The van der Waals surface area contributed by atoms with Crippen LogP contribution in [0.25, 0.3) is 0 Å². The Hall–Kier alpha value is -3.61. The predicted molar refractivity (Wildman–Crippen MR) is 150 cm³/mol. The Bertz CT molecular complexity index is 1430. The molecule has 3 aromatic carbocycles. The van der Waals surface area contributed by atoms with Crippen molar-refractivity contribution in [3.63, 3.8) is 0 Å². The molecule has 42 heavy (non-hydrogen) atoms. The van der Waals surface area contributed by atoms with E-state index in [2.05, 4.69) is 0 Å². The van der Waals surface area contributed by atoms with Crippen LogP contribution in [0.5, 0.6) is 0 Å². The fraction of sp³-hybridized carbons (Fsp3) is 0.355. The summed E-state index contributed by atoms with van der Waals surface area (Å²) in [4.78, 5) is 24.1. The van der Waals surface area contributed by atoms with Gasteiger partial charge in [-0.3, -0.25) is 13.8 Å². The topological polar surface area (TPSA) is 124 Å². The van der Waals surface area contributed by atoms with Crippen LogP contribution in [0.1, 0.15) is 30.5 Å². The summed E-state index contributed by atoms with van der Waals surface area (Å²) in [5.41, 5.74) is 0.847. The molecule has 1 unspecified atom stereocenters. The number of esters is 2. The van der Waals surface area contributed by atoms with Crippen LogP contribution in [-0.2, 0) is 60.8 Å². The summed E-state index contributed by atoms with van der Waals surface area (Å²) in [7, 11) is -4.26. The van der Waals surface area contributed by atoms with Crippen LogP contribution in [0, 0.1) is 6.92 Å². The highest BCUT2D eigenvalue weighted by atomic mass is 32.2. The van der Waals surface area contributed by atoms with Gasteiger partial charge in [0.15, 0.2) is 11.7 Å². The van der Waals surface area contributed by atoms with Crippen molar-refractivity contribution >= 4 is 22.1 Å². The molecule has 4 rings (SSSR count). The largest absolute Gasteiger partial charge is 0.453 e. The van der Waals surface area contributed by atoms with Crippen molar-refractivity contribution in [2.45, 2.75) is 63.0 Å². The summed E-state index contributed by atoms with van der Waals surface area (Å²) < 4.78 is 61.4. The first kappa shape index (κ1) is 31.3. The van der Waals surface area contributed by atoms with Crippen molar-refractivity contribution in [3.05, 3.63) is 102 Å². The molecule has 1 saturated heterocycles. The minimum atomic E-state index is -4.26. The molecule has 1 aliphatic rings. The van der Waals surface area contributed by atoms with Crippen LogP contribution >= 0.6 is 0 Å². The fourth-order valence-corrected chi connectivity index (χ4v) is 5.48. The zero-order chi connectivity index (χ0) is 30.2. The summed E-state index contributed by atoms with van der Waals surface area (Å²) in [6.45, 7) is 3.57. The second kappa shape index (κ2) is 14.0. The minimum Gasteiger partial charge on any atom is -0.453 e. The zero-order valence-electron chi connectivity index (χ0n) is 23.6. The van der Waals surface area contributed by atoms with Crippen LogP contribution in [0.15, 0.2) is 89.8 Å². The molecule has 0 spiro atoms. The molecule has 0 saturated carbocycles. The maximum absolute atomic E-state index is 13.2. The first-order valence-electron chi connectivity index (χ1n) is 13.3. The smallest absolute Gasteiger partial charge is 0.305 e. The molecule has 3 aromatic rings. The van der Waals surface area contributed by atoms with Crippen LogP contribution in [0.3, 0.4) is 0 Å². The van der Waals surface area contributed by atoms with Crippen molar-refractivity contribution in [1.82, 2.24) is 0 Å². The number of hydrogen-bond donors (Lipinski definition) is 0. The van der Waals surface area contributed by atoms with Gasteiger partial charge in [-0.05, 0) is 30.2 Å². The first-order chi connectivity index (χ1) is 20.1. The van der Waals surface area contributed by atoms with Gasteiger partial charge in [-0.25, -0.2) is 0 Å². The highest BCUT2D eigenvalue weighted by molar-refractivity contribution is 7.86. The maximum Gasteiger partial charge on any atom is 0.305 e. The fourth-order valence-electron chi connectivity index (χ4n) is 4.52. The van der Waals surface area contributed by atoms with Crippen molar-refractivity contribution in [3.8, 4) is 0 Å². The maximum atomic E-state index is 13.2. The van der Waals surface area contributed by atoms with Crippen molar-refractivity contribution in [2.24, 2.45) is 0 Å². The van der Waals surface area contributed by atoms with Crippen LogP contribution < -0.4 is 0 Å². The number of hydrogen-bond acceptors (Lipinski definition) is 10. The lowest BCUT2D eigenvalue weighted by Gasteiger charge is -2.34. The minimum absolute atomic E-state index is 0.0462. The molecule has 11 heteroatoms. The van der Waals surface area contributed by atoms with E-state index in [9.17, 15) is 18.0 Å². The Balaban J connectivity index is 1.69. The molecular formula is C31H34O10S. The summed E-state index contributed by atoms with van der Waals surface area (Å²) in [6.07, 6.45) is -3.82. The van der Waals surface area contributed by atoms with Gasteiger partial charge < -0.3 is 23.7 Å². The molecule has 1 heterocycles. The molecule has 0 N–H and O–H groups in total. The van der Waals surface area contributed by atoms with Gasteiger partial charge in [-0.15, -0.1) is 0 Å². The quantitative estimate of drug-likeness (QED) is 0.210. The van der Waals surface area contributed by atoms with Crippen molar-refractivity contribution in [2.75, 3.05) is 13.2 Å². The van der Waals surface area contributed by atoms with Crippen molar-refractivity contribution < 1.29 is 45.9 Å². The Morgan fingerprint density at radius 2 is 1.36 bits per heavy atom. The molecule has 4 atom stereocenters. The second-order valence-corrected chi connectivity index (χ2v) is 11.6. The SMILES string of the molecule is CC(=O)OC1O[C@@](COCc2ccccc2)(COS(=O)(=O)c2ccc(C)cc2)[C@@H](OCc2ccccc2)[C@H]1OC(C)=O. The summed E-state index contributed by atoms with van der Waals surface area (Å²) >= 11 is 0. The number of benzene rings is 3. The third-order valence-corrected chi connectivity index (χ3v) is 7.80. The lowest BCUT2D eigenvalue weighted by atomic mass is 9.96. The van der Waals surface area contributed by atoms with E-state index in [4.69, 9.17) is 27.9 Å². The number of rotatable bonds is 13. The summed E-state index contributed by atoms with van der Waals surface area (Å²) in [5, 5.41) is 0. The number of aryl methyl sites for hydroxylation is 1. The van der Waals surface area contributed by atoms with Gasteiger partial charge in [0.1, 0.15) is 12.7 Å². The van der Waals surface area contributed by atoms with Gasteiger partial charge in [-0.2, -0.15) is 8.42 Å². The van der Waals surface area contributed by atoms with Gasteiger partial charge in [0, 0.05) is 13.8 Å². The Kier molecular flexibility index (Phi) is 10.5. The van der Waals surface area contributed by atoms with Crippen LogP contribution in [-0.4, -0.2) is 57.7 Å². The Morgan fingerprint density at radius 1 is 0.786 bits per heavy atom. The normalized spacial score (nSPS) is 22.0. The molecule has 1 fully saturated rings. The summed E-state index contributed by atoms with van der Waals surface area (Å²) in [5.74, 6) is -1.38. The van der Waals surface area contributed by atoms with E-state index in [1.807, 2.05) is 67.6 Å². The lowest BCUT2D eigenvalue weighted by molar-refractivity contribution is -0.217. The zero-order valence-corrected chi connectivity index (χ0v) is 24.5. The van der Waals surface area contributed by atoms with Crippen LogP contribution in [0.2, 0.25) is 0 Å². The average molecular weight is 599 g/mol. The third-order valence-electron chi connectivity index (χ3n) is 6.52. The first-order valence-corrected chi connectivity index (χ1v) is 14.7. The standard InChI is InChI=1S/C31H34O10S/c1-22-14-16-27(17-15-22)42(34,35)38-21-31(20-36-18-25-10-6-4-7-11-25)29(37-19-26-12-8-5-9-13-26)28(39-23(2)32)30(41-31)40-24(3)33/h4-17,28-30H,18-21H2,1-3H3/t28-,29+,30?,31+/m1/s1. The molecule has 224 valence electrons. The molecule has 10 nitrogen and oxygen atoms in total. The molecule has 0 aromatic heterocycles. The number of carbonyl (C=O) groups excluding carboxylic acids is 2. The monoisotopic (exact) mass is 598 g/mol. The Morgan fingerprint density at radius 3 is 1.93 bits per heavy atom. The molecule has 0 radical (unpaired) electrons. The van der Waals surface area contributed by atoms with Crippen LogP contribution in [0.4, 0.5) is 0 Å². The highest BCUT2D eigenvalue weighted by Crippen LogP contribution is 2.38. The molecular weight excluding hydrogens is 564 g/mol. The van der Waals surface area contributed by atoms with Gasteiger partial charge in [0.25, 0.3) is 10.1 Å². The lowest BCUT2D eigenvalue weighted by Crippen LogP contribution is -2.53. The van der Waals surface area contributed by atoms with Gasteiger partial charge in [0.2, 0.25) is 6.29 Å². The average Bonchev–Trinajstić information content (AvgIpc) is 3.23. The van der Waals surface area contributed by atoms with Gasteiger partial charge in [-0.1, -0.05) is 78.4 Å². The van der Waals surface area contributed by atoms with Gasteiger partial charge in [0.05, 0.1) is 24.7 Å². The van der Waals surface area contributed by atoms with E-state index >= 15 is 0 Å². The van der Waals surface area contributed by atoms with E-state index in [1.165, 1.54) is 26.0 Å². The predicted octanol–water partition coefficient (Wildman–Crippen LogP) is 4.09. The summed E-state index contributed by atoms with van der Waals surface area (Å²) in [6, 6.07) is 24.7. The third kappa shape index (κ3) is 8.24. The van der Waals surface area contributed by atoms with E-state index < -0.39 is 52.8 Å². The van der Waals surface area contributed by atoms with Crippen molar-refractivity contribution in [1.29, 1.82) is 0 Å². The van der Waals surface area contributed by atoms with Gasteiger partial charge >= 0.3 is 11.9 Å². The second-order valence-electron chi connectivity index (χ2n) is 9.96. The molecule has 0 aliphatic carbocycles. The molecule has 1 aliphatic heterocycles. The van der Waals surface area contributed by atoms with E-state index in [0.29, 0.717) is 0 Å².